The Balaban J connectivity index is 0.994. The van der Waals surface area contributed by atoms with Gasteiger partial charge in [0.05, 0.1) is 16.8 Å². The van der Waals surface area contributed by atoms with Gasteiger partial charge in [-0.25, -0.2) is 9.97 Å². The van der Waals surface area contributed by atoms with Crippen LogP contribution in [-0.4, -0.2) is 9.97 Å². The van der Waals surface area contributed by atoms with Gasteiger partial charge in [-0.15, -0.1) is 0 Å². The molecule has 0 N–H and O–H groups in total. The number of para-hydroxylation sites is 2. The van der Waals surface area contributed by atoms with Gasteiger partial charge < -0.3 is 4.42 Å². The van der Waals surface area contributed by atoms with E-state index in [-0.39, 0.29) is 0 Å². The molecule has 0 saturated heterocycles. The number of benzene rings is 9. The highest BCUT2D eigenvalue weighted by molar-refractivity contribution is 6.10. The van der Waals surface area contributed by atoms with Crippen molar-refractivity contribution in [2.24, 2.45) is 0 Å². The molecule has 3 nitrogen and oxygen atoms in total. The van der Waals surface area contributed by atoms with Crippen LogP contribution in [0.15, 0.2) is 235 Å². The van der Waals surface area contributed by atoms with Crippen LogP contribution in [-0.2, 0) is 5.41 Å². The van der Waals surface area contributed by atoms with Crippen molar-refractivity contribution in [3.8, 4) is 67.3 Å². The van der Waals surface area contributed by atoms with Crippen molar-refractivity contribution < 1.29 is 4.42 Å². The average Bonchev–Trinajstić information content (AvgIpc) is 3.89. The van der Waals surface area contributed by atoms with E-state index in [1.54, 1.807) is 0 Å². The van der Waals surface area contributed by atoms with Gasteiger partial charge in [-0.05, 0) is 68.3 Å². The first kappa shape index (κ1) is 35.8. The topological polar surface area (TPSA) is 38.9 Å². The number of hydrogen-bond donors (Lipinski definition) is 0. The molecule has 0 bridgehead atoms. The third-order valence-electron chi connectivity index (χ3n) is 12.6. The standard InChI is InChI=1S/C59H38N2O/c1-4-17-41(18-5-1)58-60-54(40-33-31-39(32-34-40)45-23-10-11-24-46(45)50-27-16-28-51-49-26-13-15-30-56(49)62-57(50)51)38-55(61-58)42-35-36-48-47-25-12-14-29-52(47)59(53(48)37-42,43-19-6-2-7-20-43)44-21-8-3-9-22-44/h1-38H. The largest absolute Gasteiger partial charge is 0.455 e. The lowest BCUT2D eigenvalue weighted by molar-refractivity contribution is 0.670. The zero-order chi connectivity index (χ0) is 41.0. The monoisotopic (exact) mass is 790 g/mol. The molecule has 12 rings (SSSR count). The van der Waals surface area contributed by atoms with Crippen LogP contribution in [0.4, 0.5) is 0 Å². The predicted octanol–water partition coefficient (Wildman–Crippen LogP) is 15.1. The van der Waals surface area contributed by atoms with Crippen molar-refractivity contribution >= 4 is 21.9 Å². The van der Waals surface area contributed by atoms with Gasteiger partial charge >= 0.3 is 0 Å². The van der Waals surface area contributed by atoms with E-state index < -0.39 is 5.41 Å². The third kappa shape index (κ3) is 5.67. The van der Waals surface area contributed by atoms with E-state index in [4.69, 9.17) is 14.4 Å². The number of rotatable bonds is 7. The van der Waals surface area contributed by atoms with Crippen LogP contribution < -0.4 is 0 Å². The van der Waals surface area contributed by atoms with Crippen LogP contribution >= 0.6 is 0 Å². The first-order valence-corrected chi connectivity index (χ1v) is 21.1. The van der Waals surface area contributed by atoms with E-state index in [0.29, 0.717) is 5.82 Å². The molecule has 0 amide bonds. The Hall–Kier alpha value is -8.14. The average molecular weight is 791 g/mol. The van der Waals surface area contributed by atoms with Gasteiger partial charge in [-0.3, -0.25) is 0 Å². The normalized spacial score (nSPS) is 12.6. The molecule has 0 atom stereocenters. The minimum Gasteiger partial charge on any atom is -0.455 e. The molecule has 2 aromatic heterocycles. The van der Waals surface area contributed by atoms with E-state index in [0.717, 1.165) is 72.3 Å². The quantitative estimate of drug-likeness (QED) is 0.161. The molecule has 9 aromatic carbocycles. The summed E-state index contributed by atoms with van der Waals surface area (Å²) in [6.45, 7) is 0. The van der Waals surface area contributed by atoms with Crippen molar-refractivity contribution in [3.05, 3.63) is 253 Å². The first-order chi connectivity index (χ1) is 30.7. The maximum Gasteiger partial charge on any atom is 0.160 e. The second-order valence-corrected chi connectivity index (χ2v) is 16.0. The lowest BCUT2D eigenvalue weighted by Crippen LogP contribution is -2.28. The minimum absolute atomic E-state index is 0.509. The summed E-state index contributed by atoms with van der Waals surface area (Å²) < 4.78 is 6.48. The molecular formula is C59H38N2O. The number of nitrogens with zero attached hydrogens (tertiary/aromatic N) is 2. The molecule has 0 unspecified atom stereocenters. The van der Waals surface area contributed by atoms with Crippen molar-refractivity contribution in [3.63, 3.8) is 0 Å². The second kappa shape index (κ2) is 14.5. The van der Waals surface area contributed by atoms with E-state index in [1.807, 2.05) is 30.3 Å². The zero-order valence-electron chi connectivity index (χ0n) is 33.7. The summed E-state index contributed by atoms with van der Waals surface area (Å²) in [5.74, 6) is 0.688. The Bertz CT molecular complexity index is 3400. The molecule has 11 aromatic rings. The van der Waals surface area contributed by atoms with Crippen LogP contribution in [0.3, 0.4) is 0 Å². The summed E-state index contributed by atoms with van der Waals surface area (Å²) in [4.78, 5) is 10.5. The van der Waals surface area contributed by atoms with Crippen molar-refractivity contribution in [2.45, 2.75) is 5.41 Å². The van der Waals surface area contributed by atoms with Gasteiger partial charge in [0.2, 0.25) is 0 Å². The molecule has 3 heteroatoms. The van der Waals surface area contributed by atoms with Crippen molar-refractivity contribution in [1.82, 2.24) is 9.97 Å². The number of furan rings is 1. The summed E-state index contributed by atoms with van der Waals surface area (Å²) >= 11 is 0. The fourth-order valence-corrected chi connectivity index (χ4v) is 9.81. The second-order valence-electron chi connectivity index (χ2n) is 16.0. The fraction of sp³-hybridized carbons (Fsp3) is 0.0169. The Kier molecular flexibility index (Phi) is 8.39. The van der Waals surface area contributed by atoms with E-state index in [2.05, 4.69) is 200 Å². The van der Waals surface area contributed by atoms with Crippen LogP contribution in [0, 0.1) is 0 Å². The maximum absolute atomic E-state index is 6.48. The summed E-state index contributed by atoms with van der Waals surface area (Å²) in [5, 5.41) is 2.25. The maximum atomic E-state index is 6.48. The van der Waals surface area contributed by atoms with Gasteiger partial charge in [0.15, 0.2) is 5.82 Å². The van der Waals surface area contributed by atoms with Crippen LogP contribution in [0.5, 0.6) is 0 Å². The van der Waals surface area contributed by atoms with Crippen molar-refractivity contribution in [2.75, 3.05) is 0 Å². The molecule has 0 aliphatic heterocycles. The van der Waals surface area contributed by atoms with Gasteiger partial charge in [0.1, 0.15) is 11.2 Å². The smallest absolute Gasteiger partial charge is 0.160 e. The Morgan fingerprint density at radius 2 is 0.855 bits per heavy atom. The Labute approximate surface area is 360 Å². The molecule has 0 saturated carbocycles. The van der Waals surface area contributed by atoms with Crippen LogP contribution in [0.1, 0.15) is 22.3 Å². The molecule has 62 heavy (non-hydrogen) atoms. The molecule has 0 fully saturated rings. The number of hydrogen-bond acceptors (Lipinski definition) is 3. The van der Waals surface area contributed by atoms with Gasteiger partial charge in [0.25, 0.3) is 0 Å². The van der Waals surface area contributed by atoms with Gasteiger partial charge in [-0.1, -0.05) is 212 Å². The molecule has 1 aliphatic rings. The highest BCUT2D eigenvalue weighted by Crippen LogP contribution is 2.56. The molecular weight excluding hydrogens is 753 g/mol. The minimum atomic E-state index is -0.509. The van der Waals surface area contributed by atoms with E-state index in [9.17, 15) is 0 Å². The Morgan fingerprint density at radius 1 is 0.323 bits per heavy atom. The lowest BCUT2D eigenvalue weighted by atomic mass is 9.67. The van der Waals surface area contributed by atoms with E-state index in [1.165, 1.54) is 33.4 Å². The molecule has 2 heterocycles. The van der Waals surface area contributed by atoms with Gasteiger partial charge in [0, 0.05) is 33.0 Å². The van der Waals surface area contributed by atoms with E-state index >= 15 is 0 Å². The lowest BCUT2D eigenvalue weighted by Gasteiger charge is -2.34. The van der Waals surface area contributed by atoms with Crippen LogP contribution in [0.25, 0.3) is 89.2 Å². The third-order valence-corrected chi connectivity index (χ3v) is 12.6. The highest BCUT2D eigenvalue weighted by atomic mass is 16.3. The summed E-state index contributed by atoms with van der Waals surface area (Å²) in [7, 11) is 0. The summed E-state index contributed by atoms with van der Waals surface area (Å²) in [6, 6.07) is 82.1. The number of aromatic nitrogens is 2. The first-order valence-electron chi connectivity index (χ1n) is 21.1. The predicted molar refractivity (Wildman–Crippen MR) is 254 cm³/mol. The summed E-state index contributed by atoms with van der Waals surface area (Å²) in [5.41, 5.74) is 18.0. The molecule has 0 spiro atoms. The highest BCUT2D eigenvalue weighted by Gasteiger charge is 2.46. The number of fused-ring (bicyclic) bond motifs is 6. The molecule has 0 radical (unpaired) electrons. The van der Waals surface area contributed by atoms with Crippen LogP contribution in [0.2, 0.25) is 0 Å². The molecule has 1 aliphatic carbocycles. The zero-order valence-corrected chi connectivity index (χ0v) is 33.7. The molecule has 290 valence electrons. The van der Waals surface area contributed by atoms with Crippen molar-refractivity contribution in [1.29, 1.82) is 0 Å². The Morgan fingerprint density at radius 3 is 1.60 bits per heavy atom. The van der Waals surface area contributed by atoms with Gasteiger partial charge in [-0.2, -0.15) is 0 Å². The summed E-state index contributed by atoms with van der Waals surface area (Å²) in [6.07, 6.45) is 0. The fourth-order valence-electron chi connectivity index (χ4n) is 9.81. The SMILES string of the molecule is c1ccc(-c2nc(-c3ccc(-c4ccccc4-c4cccc5c4oc4ccccc45)cc3)cc(-c3ccc4c(c3)C(c3ccccc3)(c3ccccc3)c3ccccc3-4)n2)cc1.